The molecular formula is C14H20F3N5O3. The van der Waals surface area contributed by atoms with E-state index in [9.17, 15) is 28.0 Å². The average molecular weight is 363 g/mol. The summed E-state index contributed by atoms with van der Waals surface area (Å²) in [4.78, 5) is 29.3. The fraction of sp³-hybridized carbons (Fsp3) is 0.571. The van der Waals surface area contributed by atoms with Gasteiger partial charge in [0, 0.05) is 6.07 Å². The van der Waals surface area contributed by atoms with Gasteiger partial charge < -0.3 is 0 Å². The van der Waals surface area contributed by atoms with E-state index in [2.05, 4.69) is 20.8 Å². The number of carbonyl (C=O) groups excluding carboxylic acids is 2. The van der Waals surface area contributed by atoms with Crippen LogP contribution >= 0.6 is 0 Å². The molecule has 0 aliphatic rings. The van der Waals surface area contributed by atoms with Crippen LogP contribution in [0.5, 0.6) is 0 Å². The first kappa shape index (κ1) is 20.6. The monoisotopic (exact) mass is 363 g/mol. The summed E-state index contributed by atoms with van der Waals surface area (Å²) >= 11 is 0. The Hall–Kier alpha value is -2.43. The fourth-order valence-corrected chi connectivity index (χ4v) is 2.02. The lowest BCUT2D eigenvalue weighted by Crippen LogP contribution is -2.40. The third-order valence-electron chi connectivity index (χ3n) is 3.33. The van der Waals surface area contributed by atoms with E-state index in [0.717, 1.165) is 19.2 Å². The number of hydrogen-bond acceptors (Lipinski definition) is 6. The molecule has 0 aromatic carbocycles. The van der Waals surface area contributed by atoms with Crippen LogP contribution in [0.3, 0.4) is 0 Å². The molecule has 1 aromatic rings. The number of hydrogen-bond donors (Lipinski definition) is 3. The zero-order valence-corrected chi connectivity index (χ0v) is 13.6. The molecule has 140 valence electrons. The Balaban J connectivity index is 2.68. The lowest BCUT2D eigenvalue weighted by molar-refractivity contribution is -0.154. The molecule has 3 N–H and O–H groups in total. The van der Waals surface area contributed by atoms with Crippen LogP contribution in [0, 0.1) is 5.92 Å². The molecule has 0 radical (unpaired) electrons. The summed E-state index contributed by atoms with van der Waals surface area (Å²) in [6.07, 6.45) is -0.843. The number of nitrogens with zero attached hydrogens (tertiary/aromatic N) is 3. The first-order valence-electron chi connectivity index (χ1n) is 7.63. The second-order valence-electron chi connectivity index (χ2n) is 5.32. The molecule has 2 amide bonds. The van der Waals surface area contributed by atoms with Gasteiger partial charge in [-0.25, -0.2) is 15.0 Å². The van der Waals surface area contributed by atoms with E-state index in [-0.39, 0.29) is 18.8 Å². The van der Waals surface area contributed by atoms with Gasteiger partial charge in [-0.3, -0.25) is 25.6 Å². The van der Waals surface area contributed by atoms with Gasteiger partial charge >= 0.3 is 6.18 Å². The quantitative estimate of drug-likeness (QED) is 0.254. The van der Waals surface area contributed by atoms with E-state index in [1.807, 2.05) is 6.92 Å². The number of rotatable bonds is 10. The lowest BCUT2D eigenvalue weighted by Gasteiger charge is -2.20. The minimum Gasteiger partial charge on any atom is -0.286 e. The SMILES string of the molecule is CCCCC[C@@H](CN(O)C=O)C(=O)NNc1cc(C(F)(F)F)ncn1. The van der Waals surface area contributed by atoms with Crippen molar-refractivity contribution in [1.82, 2.24) is 20.5 Å². The van der Waals surface area contributed by atoms with Gasteiger partial charge in [0.2, 0.25) is 12.3 Å². The predicted molar refractivity (Wildman–Crippen MR) is 81.0 cm³/mol. The number of hydroxylamine groups is 2. The van der Waals surface area contributed by atoms with Crippen molar-refractivity contribution in [3.8, 4) is 0 Å². The molecule has 1 atom stereocenters. The van der Waals surface area contributed by atoms with E-state index >= 15 is 0 Å². The van der Waals surface area contributed by atoms with Gasteiger partial charge in [0.05, 0.1) is 12.5 Å². The molecular weight excluding hydrogens is 343 g/mol. The van der Waals surface area contributed by atoms with Crippen LogP contribution in [0.1, 0.15) is 38.3 Å². The van der Waals surface area contributed by atoms with Crippen LogP contribution in [-0.4, -0.2) is 39.1 Å². The van der Waals surface area contributed by atoms with Gasteiger partial charge in [0.1, 0.15) is 17.8 Å². The van der Waals surface area contributed by atoms with E-state index in [0.29, 0.717) is 24.0 Å². The number of aromatic nitrogens is 2. The number of carbonyl (C=O) groups is 2. The number of hydrazine groups is 1. The number of anilines is 1. The second-order valence-corrected chi connectivity index (χ2v) is 5.32. The van der Waals surface area contributed by atoms with Crippen molar-refractivity contribution in [2.45, 2.75) is 38.8 Å². The van der Waals surface area contributed by atoms with Crippen molar-refractivity contribution in [3.63, 3.8) is 0 Å². The number of unbranched alkanes of at least 4 members (excludes halogenated alkanes) is 2. The van der Waals surface area contributed by atoms with Crippen molar-refractivity contribution in [3.05, 3.63) is 18.1 Å². The summed E-state index contributed by atoms with van der Waals surface area (Å²) in [5.74, 6) is -1.54. The molecule has 1 heterocycles. The van der Waals surface area contributed by atoms with Gasteiger partial charge in [-0.2, -0.15) is 13.2 Å². The number of halogens is 3. The maximum absolute atomic E-state index is 12.6. The Morgan fingerprint density at radius 1 is 1.40 bits per heavy atom. The van der Waals surface area contributed by atoms with Gasteiger partial charge in [0.25, 0.3) is 0 Å². The average Bonchev–Trinajstić information content (AvgIpc) is 2.58. The molecule has 0 saturated carbocycles. The van der Waals surface area contributed by atoms with Crippen molar-refractivity contribution < 1.29 is 28.0 Å². The minimum atomic E-state index is -4.63. The van der Waals surface area contributed by atoms with Gasteiger partial charge in [-0.15, -0.1) is 0 Å². The first-order valence-corrected chi connectivity index (χ1v) is 7.63. The second kappa shape index (κ2) is 9.77. The van der Waals surface area contributed by atoms with Crippen molar-refractivity contribution in [2.24, 2.45) is 5.92 Å². The van der Waals surface area contributed by atoms with Crippen LogP contribution in [0.4, 0.5) is 19.0 Å². The summed E-state index contributed by atoms with van der Waals surface area (Å²) in [6.45, 7) is 1.76. The van der Waals surface area contributed by atoms with Gasteiger partial charge in [-0.05, 0) is 6.42 Å². The molecule has 25 heavy (non-hydrogen) atoms. The zero-order chi connectivity index (χ0) is 18.9. The highest BCUT2D eigenvalue weighted by molar-refractivity contribution is 5.80. The summed E-state index contributed by atoms with van der Waals surface area (Å²) in [5, 5.41) is 9.61. The number of alkyl halides is 3. The molecule has 1 rings (SSSR count). The molecule has 0 spiro atoms. The van der Waals surface area contributed by atoms with Crippen molar-refractivity contribution in [1.29, 1.82) is 0 Å². The van der Waals surface area contributed by atoms with Crippen LogP contribution in [-0.2, 0) is 15.8 Å². The zero-order valence-electron chi connectivity index (χ0n) is 13.6. The Kier molecular flexibility index (Phi) is 8.05. The summed E-state index contributed by atoms with van der Waals surface area (Å²) in [5.41, 5.74) is 3.36. The summed E-state index contributed by atoms with van der Waals surface area (Å²) in [7, 11) is 0. The Morgan fingerprint density at radius 3 is 2.72 bits per heavy atom. The van der Waals surface area contributed by atoms with Crippen molar-refractivity contribution in [2.75, 3.05) is 12.0 Å². The maximum Gasteiger partial charge on any atom is 0.433 e. The predicted octanol–water partition coefficient (Wildman–Crippen LogP) is 1.98. The smallest absolute Gasteiger partial charge is 0.286 e. The lowest BCUT2D eigenvalue weighted by atomic mass is 10.0. The largest absolute Gasteiger partial charge is 0.433 e. The highest BCUT2D eigenvalue weighted by Crippen LogP contribution is 2.27. The van der Waals surface area contributed by atoms with Crippen LogP contribution in [0.25, 0.3) is 0 Å². The Morgan fingerprint density at radius 2 is 2.12 bits per heavy atom. The Bertz CT molecular complexity index is 571. The molecule has 0 fully saturated rings. The third kappa shape index (κ3) is 7.33. The van der Waals surface area contributed by atoms with Gasteiger partial charge in [0.15, 0.2) is 0 Å². The first-order chi connectivity index (χ1) is 11.8. The Labute approximate surface area is 142 Å². The van der Waals surface area contributed by atoms with Crippen molar-refractivity contribution >= 4 is 18.1 Å². The topological polar surface area (TPSA) is 107 Å². The molecule has 11 heteroatoms. The summed E-state index contributed by atoms with van der Waals surface area (Å²) < 4.78 is 37.7. The van der Waals surface area contributed by atoms with Gasteiger partial charge in [-0.1, -0.05) is 26.2 Å². The molecule has 0 unspecified atom stereocenters. The molecule has 0 aliphatic carbocycles. The fourth-order valence-electron chi connectivity index (χ4n) is 2.02. The highest BCUT2D eigenvalue weighted by atomic mass is 19.4. The normalized spacial score (nSPS) is 12.4. The van der Waals surface area contributed by atoms with E-state index in [4.69, 9.17) is 0 Å². The standard InChI is InChI=1S/C14H20F3N5O3/c1-2-3-4-5-10(7-22(25)9-23)13(24)21-20-12-6-11(14(15,16)17)18-8-19-12/h6,8-10,25H,2-5,7H2,1H3,(H,21,24)(H,18,19,20)/t10-/m0/s1. The van der Waals surface area contributed by atoms with E-state index < -0.39 is 23.7 Å². The van der Waals surface area contributed by atoms with Crippen LogP contribution in [0.15, 0.2) is 12.4 Å². The number of amides is 2. The molecule has 0 saturated heterocycles. The number of nitrogens with one attached hydrogen (secondary N) is 2. The molecule has 1 aromatic heterocycles. The van der Waals surface area contributed by atoms with E-state index in [1.54, 1.807) is 0 Å². The van der Waals surface area contributed by atoms with Crippen LogP contribution in [0.2, 0.25) is 0 Å². The minimum absolute atomic E-state index is 0.174. The molecule has 0 aliphatic heterocycles. The summed E-state index contributed by atoms with van der Waals surface area (Å²) in [6, 6.07) is 0.649. The van der Waals surface area contributed by atoms with E-state index in [1.165, 1.54) is 0 Å². The maximum atomic E-state index is 12.6. The highest BCUT2D eigenvalue weighted by Gasteiger charge is 2.32. The third-order valence-corrected chi connectivity index (χ3v) is 3.33. The van der Waals surface area contributed by atoms with Crippen LogP contribution < -0.4 is 10.9 Å². The molecule has 0 bridgehead atoms. The molecule has 8 nitrogen and oxygen atoms in total.